The van der Waals surface area contributed by atoms with Gasteiger partial charge >= 0.3 is 12.1 Å². The maximum atomic E-state index is 14.5. The Labute approximate surface area is 301 Å². The summed E-state index contributed by atoms with van der Waals surface area (Å²) in [6.07, 6.45) is 9.92. The van der Waals surface area contributed by atoms with Gasteiger partial charge in [-0.15, -0.1) is 0 Å². The predicted octanol–water partition coefficient (Wildman–Crippen LogP) is 4.84. The lowest BCUT2D eigenvalue weighted by molar-refractivity contribution is -0.151. The Morgan fingerprint density at radius 2 is 1.50 bits per heavy atom. The topological polar surface area (TPSA) is 173 Å². The number of nitrogens with one attached hydrogen (secondary N) is 2. The zero-order valence-corrected chi connectivity index (χ0v) is 29.0. The second kappa shape index (κ2) is 15.1. The van der Waals surface area contributed by atoms with Crippen molar-refractivity contribution >= 4 is 29.7 Å². The van der Waals surface area contributed by atoms with Gasteiger partial charge in [0, 0.05) is 30.0 Å². The summed E-state index contributed by atoms with van der Waals surface area (Å²) in [6, 6.07) is 16.7. The number of rotatable bonds is 7. The van der Waals surface area contributed by atoms with Gasteiger partial charge in [0.1, 0.15) is 35.1 Å². The summed E-state index contributed by atoms with van der Waals surface area (Å²) in [5.41, 5.74) is 1.38. The summed E-state index contributed by atoms with van der Waals surface area (Å²) in [5, 5.41) is 25.1. The van der Waals surface area contributed by atoms with Crippen LogP contribution in [0.3, 0.4) is 0 Å². The van der Waals surface area contributed by atoms with Gasteiger partial charge in [0.15, 0.2) is 0 Å². The molecule has 1 aromatic heterocycles. The third-order valence-electron chi connectivity index (χ3n) is 10.8. The molecule has 13 heteroatoms. The monoisotopic (exact) mass is 708 g/mol. The van der Waals surface area contributed by atoms with Crippen LogP contribution in [0.5, 0.6) is 0 Å². The normalized spacial score (nSPS) is 27.3. The molecule has 2 aliphatic heterocycles. The molecule has 3 aromatic rings. The van der Waals surface area contributed by atoms with Crippen LogP contribution < -0.4 is 10.6 Å². The molecule has 52 heavy (non-hydrogen) atoms. The summed E-state index contributed by atoms with van der Waals surface area (Å²) in [7, 11) is 0. The van der Waals surface area contributed by atoms with Crippen molar-refractivity contribution in [1.82, 2.24) is 30.5 Å². The first-order valence-electron chi connectivity index (χ1n) is 18.3. The summed E-state index contributed by atoms with van der Waals surface area (Å²) < 4.78 is 5.67. The summed E-state index contributed by atoms with van der Waals surface area (Å²) in [6.45, 7) is 0.0487. The van der Waals surface area contributed by atoms with Gasteiger partial charge in [-0.1, -0.05) is 85.7 Å². The van der Waals surface area contributed by atoms with Crippen LogP contribution in [0.25, 0.3) is 22.5 Å². The quantitative estimate of drug-likeness (QED) is 0.229. The summed E-state index contributed by atoms with van der Waals surface area (Å²) in [4.78, 5) is 69.9. The number of carbonyl (C=O) groups is 5. The molecule has 0 bridgehead atoms. The van der Waals surface area contributed by atoms with E-state index in [2.05, 4.69) is 10.6 Å². The highest BCUT2D eigenvalue weighted by molar-refractivity contribution is 6.38. The van der Waals surface area contributed by atoms with E-state index in [0.29, 0.717) is 30.7 Å². The number of fused-ring (bicyclic) bond motifs is 2. The first kappa shape index (κ1) is 35.1. The molecule has 13 nitrogen and oxygen atoms in total. The van der Waals surface area contributed by atoms with E-state index in [-0.39, 0.29) is 25.5 Å². The molecule has 3 N–H and O–H groups in total. The standard InChI is InChI=1S/C39H44N6O7/c46-34(37(49)50)39-23-27(39)18-10-2-1-3-11-21-30(40-38(51)52-29-19-12-13-20-29)36(48)44-24-28(22-31(44)35(47)41-39)45-42-32(25-14-6-4-7-15-25)33(43-45)26-16-8-5-9-17-26/h4-10,14-18,27-31H,1-3,11-13,19-24H2,(H,40,51)(H,41,47)(H,49,50)/b18-10-/t27-,28+,30-,31-,39+/m0/s1. The number of aliphatic carboxylic acids is 1. The third-order valence-corrected chi connectivity index (χ3v) is 10.8. The van der Waals surface area contributed by atoms with Crippen LogP contribution in [0.1, 0.15) is 76.7 Å². The number of hydrogen-bond donors (Lipinski definition) is 3. The van der Waals surface area contributed by atoms with E-state index in [9.17, 15) is 29.1 Å². The van der Waals surface area contributed by atoms with E-state index in [1.807, 2.05) is 72.8 Å². The lowest BCUT2D eigenvalue weighted by Gasteiger charge is -2.29. The molecule has 3 amide bonds. The van der Waals surface area contributed by atoms with Crippen LogP contribution in [-0.4, -0.2) is 84.9 Å². The zero-order chi connectivity index (χ0) is 36.2. The first-order chi connectivity index (χ1) is 25.2. The Morgan fingerprint density at radius 3 is 2.13 bits per heavy atom. The molecule has 1 saturated heterocycles. The largest absolute Gasteiger partial charge is 0.475 e. The van der Waals surface area contributed by atoms with Crippen molar-refractivity contribution in [2.75, 3.05) is 6.54 Å². The van der Waals surface area contributed by atoms with Gasteiger partial charge < -0.3 is 25.4 Å². The first-order valence-corrected chi connectivity index (χ1v) is 18.3. The van der Waals surface area contributed by atoms with E-state index in [1.165, 1.54) is 4.90 Å². The maximum Gasteiger partial charge on any atom is 0.408 e. The number of aromatic nitrogens is 3. The van der Waals surface area contributed by atoms with Gasteiger partial charge in [-0.05, 0) is 51.4 Å². The number of amides is 3. The zero-order valence-electron chi connectivity index (χ0n) is 29.0. The Hall–Kier alpha value is -5.33. The number of carboxylic acid groups (broad SMARTS) is 1. The molecule has 2 aromatic carbocycles. The van der Waals surface area contributed by atoms with E-state index < -0.39 is 59.2 Å². The van der Waals surface area contributed by atoms with Crippen LogP contribution in [0.15, 0.2) is 72.8 Å². The molecule has 2 saturated carbocycles. The average molecular weight is 709 g/mol. The molecule has 5 atom stereocenters. The van der Waals surface area contributed by atoms with Crippen LogP contribution in [0.4, 0.5) is 4.79 Å². The smallest absolute Gasteiger partial charge is 0.408 e. The number of carboxylic acids is 1. The number of hydrogen-bond acceptors (Lipinski definition) is 8. The van der Waals surface area contributed by atoms with E-state index >= 15 is 0 Å². The van der Waals surface area contributed by atoms with Crippen LogP contribution in [0, 0.1) is 5.92 Å². The fraction of sp³-hybridized carbons (Fsp3) is 0.462. The molecule has 272 valence electrons. The van der Waals surface area contributed by atoms with Gasteiger partial charge in [0.05, 0.1) is 6.04 Å². The number of Topliss-reactive ketones (excluding diaryl/α,β-unsaturated/α-hetero) is 1. The number of ether oxygens (including phenoxy) is 1. The maximum absolute atomic E-state index is 14.5. The number of benzene rings is 2. The van der Waals surface area contributed by atoms with Gasteiger partial charge in [-0.25, -0.2) is 9.59 Å². The second-order valence-electron chi connectivity index (χ2n) is 14.3. The fourth-order valence-electron chi connectivity index (χ4n) is 7.85. The molecule has 0 radical (unpaired) electrons. The second-order valence-corrected chi connectivity index (χ2v) is 14.3. The minimum Gasteiger partial charge on any atom is -0.475 e. The van der Waals surface area contributed by atoms with Crippen LogP contribution >= 0.6 is 0 Å². The molecule has 4 aliphatic rings. The van der Waals surface area contributed by atoms with Gasteiger partial charge in [-0.2, -0.15) is 15.0 Å². The molecular formula is C39H44N6O7. The number of carbonyl (C=O) groups excluding carboxylic acids is 4. The predicted molar refractivity (Wildman–Crippen MR) is 190 cm³/mol. The lowest BCUT2D eigenvalue weighted by Crippen LogP contribution is -2.57. The van der Waals surface area contributed by atoms with Crippen molar-refractivity contribution in [2.24, 2.45) is 5.92 Å². The minimum atomic E-state index is -1.63. The molecule has 0 unspecified atom stereocenters. The van der Waals surface area contributed by atoms with Gasteiger partial charge in [0.25, 0.3) is 5.78 Å². The van der Waals surface area contributed by atoms with E-state index in [0.717, 1.165) is 49.7 Å². The van der Waals surface area contributed by atoms with Crippen molar-refractivity contribution in [3.63, 3.8) is 0 Å². The molecule has 3 fully saturated rings. The van der Waals surface area contributed by atoms with Crippen molar-refractivity contribution in [2.45, 2.75) is 100 Å². The Balaban J connectivity index is 1.23. The van der Waals surface area contributed by atoms with Crippen LogP contribution in [0.2, 0.25) is 0 Å². The van der Waals surface area contributed by atoms with Crippen LogP contribution in [-0.2, 0) is 23.9 Å². The molecule has 7 rings (SSSR count). The van der Waals surface area contributed by atoms with Crippen molar-refractivity contribution in [3.8, 4) is 22.5 Å². The Kier molecular flexibility index (Phi) is 10.2. The molecule has 0 spiro atoms. The molecule has 3 heterocycles. The van der Waals surface area contributed by atoms with Crippen molar-refractivity contribution in [3.05, 3.63) is 72.8 Å². The Morgan fingerprint density at radius 1 is 0.865 bits per heavy atom. The summed E-state index contributed by atoms with van der Waals surface area (Å²) >= 11 is 0. The number of ketones is 1. The summed E-state index contributed by atoms with van der Waals surface area (Å²) in [5.74, 6) is -4.28. The highest BCUT2D eigenvalue weighted by Crippen LogP contribution is 2.46. The van der Waals surface area contributed by atoms with E-state index in [4.69, 9.17) is 14.9 Å². The SMILES string of the molecule is O=C(N[C@H]1CCCCC/C=C\[C@H]2C[C@@]2(C(=O)C(=O)O)NC(=O)[C@@H]2C[C@@H](n3nc(-c4ccccc4)c(-c4ccccc4)n3)CN2C1=O)OC1CCCC1. The van der Waals surface area contributed by atoms with Crippen molar-refractivity contribution in [1.29, 1.82) is 0 Å². The van der Waals surface area contributed by atoms with Gasteiger partial charge in [-0.3, -0.25) is 14.4 Å². The lowest BCUT2D eigenvalue weighted by atomic mass is 10.0. The fourth-order valence-corrected chi connectivity index (χ4v) is 7.85. The molecule has 2 aliphatic carbocycles. The van der Waals surface area contributed by atoms with Gasteiger partial charge in [0.2, 0.25) is 11.8 Å². The Bertz CT molecular complexity index is 1780. The van der Waals surface area contributed by atoms with Crippen molar-refractivity contribution < 1.29 is 33.8 Å². The highest BCUT2D eigenvalue weighted by Gasteiger charge is 2.62. The number of nitrogens with zero attached hydrogens (tertiary/aromatic N) is 4. The third kappa shape index (κ3) is 7.35. The highest BCUT2D eigenvalue weighted by atomic mass is 16.6. The number of alkyl carbamates (subject to hydrolysis) is 1. The number of allylic oxidation sites excluding steroid dienone is 1. The molecular weight excluding hydrogens is 664 g/mol. The van der Waals surface area contributed by atoms with E-state index in [1.54, 1.807) is 4.80 Å². The minimum absolute atomic E-state index is 0.0487. The average Bonchev–Trinajstić information content (AvgIpc) is 3.60.